The third-order valence-electron chi connectivity index (χ3n) is 4.88. The zero-order valence-corrected chi connectivity index (χ0v) is 15.2. The van der Waals surface area contributed by atoms with E-state index in [1.807, 2.05) is 36.3 Å². The van der Waals surface area contributed by atoms with Crippen molar-refractivity contribution in [2.45, 2.75) is 32.6 Å². The van der Waals surface area contributed by atoms with Crippen LogP contribution in [0, 0.1) is 19.8 Å². The zero-order chi connectivity index (χ0) is 17.4. The molecule has 6 nitrogen and oxygen atoms in total. The molecule has 2 aromatic rings. The highest BCUT2D eigenvalue weighted by Gasteiger charge is 2.48. The lowest BCUT2D eigenvalue weighted by Crippen LogP contribution is -2.38. The van der Waals surface area contributed by atoms with Gasteiger partial charge in [0, 0.05) is 29.7 Å². The maximum Gasteiger partial charge on any atom is 0.255 e. The first-order valence-electron chi connectivity index (χ1n) is 8.46. The molecule has 0 bridgehead atoms. The molecular weight excluding hydrogens is 338 g/mol. The fraction of sp³-hybridized carbons (Fsp3) is 0.500. The quantitative estimate of drug-likeness (QED) is 0.837. The Hall–Kier alpha value is -1.83. The van der Waals surface area contributed by atoms with Crippen LogP contribution in [0.1, 0.15) is 26.8 Å². The van der Waals surface area contributed by atoms with E-state index >= 15 is 0 Å². The first kappa shape index (κ1) is 16.6. The number of likely N-dealkylation sites (tertiary alicyclic amines) is 1. The largest absolute Gasteiger partial charge is 0.379 e. The molecule has 0 unspecified atom stereocenters. The first-order chi connectivity index (χ1) is 12.1. The highest BCUT2D eigenvalue weighted by atomic mass is 32.1. The number of rotatable bonds is 4. The van der Waals surface area contributed by atoms with Crippen molar-refractivity contribution in [2.24, 2.45) is 5.92 Å². The van der Waals surface area contributed by atoms with E-state index in [2.05, 4.69) is 9.97 Å². The number of pyridine rings is 1. The van der Waals surface area contributed by atoms with Gasteiger partial charge in [0.25, 0.3) is 5.91 Å². The Morgan fingerprint density at radius 2 is 2.28 bits per heavy atom. The van der Waals surface area contributed by atoms with Crippen LogP contribution >= 0.6 is 11.3 Å². The third-order valence-corrected chi connectivity index (χ3v) is 5.70. The Bertz CT molecular complexity index is 761. The molecule has 4 rings (SSSR count). The highest BCUT2D eigenvalue weighted by molar-refractivity contribution is 7.09. The SMILES string of the molecule is Cc1ccc(C(=O)N2C[C@@H](OCc3csc(C)n3)[C@H]3COC[C@H]32)cn1. The molecule has 1 amide bonds. The molecule has 0 aliphatic carbocycles. The van der Waals surface area contributed by atoms with Crippen LogP contribution in [0.5, 0.6) is 0 Å². The predicted molar refractivity (Wildman–Crippen MR) is 93.5 cm³/mol. The summed E-state index contributed by atoms with van der Waals surface area (Å²) in [7, 11) is 0. The van der Waals surface area contributed by atoms with Crippen molar-refractivity contribution in [3.8, 4) is 0 Å². The summed E-state index contributed by atoms with van der Waals surface area (Å²) in [5, 5.41) is 3.06. The number of hydrogen-bond donors (Lipinski definition) is 0. The second-order valence-corrected chi connectivity index (χ2v) is 7.68. The number of hydrogen-bond acceptors (Lipinski definition) is 6. The average molecular weight is 359 g/mol. The second kappa shape index (κ2) is 6.82. The molecule has 0 saturated carbocycles. The molecule has 2 aliphatic rings. The molecule has 2 aromatic heterocycles. The van der Waals surface area contributed by atoms with Crippen LogP contribution in [-0.4, -0.2) is 52.7 Å². The van der Waals surface area contributed by atoms with Crippen molar-refractivity contribution < 1.29 is 14.3 Å². The van der Waals surface area contributed by atoms with Gasteiger partial charge in [-0.15, -0.1) is 11.3 Å². The first-order valence-corrected chi connectivity index (χ1v) is 9.34. The molecule has 132 valence electrons. The van der Waals surface area contributed by atoms with Gasteiger partial charge in [-0.3, -0.25) is 9.78 Å². The standard InChI is InChI=1S/C18H21N3O3S/c1-11-3-4-13(5-19-11)18(22)21-6-17(15-8-23-9-16(15)21)24-7-14-10-25-12(2)20-14/h3-5,10,15-17H,6-9H2,1-2H3/t15-,16+,17+/m0/s1. The summed E-state index contributed by atoms with van der Waals surface area (Å²) in [4.78, 5) is 23.5. The van der Waals surface area contributed by atoms with Gasteiger partial charge < -0.3 is 14.4 Å². The van der Waals surface area contributed by atoms with Crippen molar-refractivity contribution in [2.75, 3.05) is 19.8 Å². The molecule has 2 aliphatic heterocycles. The van der Waals surface area contributed by atoms with Gasteiger partial charge >= 0.3 is 0 Å². The third kappa shape index (κ3) is 3.31. The van der Waals surface area contributed by atoms with Crippen LogP contribution in [0.15, 0.2) is 23.7 Å². The summed E-state index contributed by atoms with van der Waals surface area (Å²) >= 11 is 1.62. The minimum Gasteiger partial charge on any atom is -0.379 e. The van der Waals surface area contributed by atoms with Gasteiger partial charge in [0.15, 0.2) is 0 Å². The number of ether oxygens (including phenoxy) is 2. The van der Waals surface area contributed by atoms with E-state index in [4.69, 9.17) is 9.47 Å². The molecule has 0 N–H and O–H groups in total. The minimum absolute atomic E-state index is 0.00334. The number of aromatic nitrogens is 2. The van der Waals surface area contributed by atoms with Gasteiger partial charge in [-0.05, 0) is 26.0 Å². The van der Waals surface area contributed by atoms with Gasteiger partial charge in [0.2, 0.25) is 0 Å². The molecule has 7 heteroatoms. The molecule has 3 atom stereocenters. The lowest BCUT2D eigenvalue weighted by atomic mass is 10.0. The van der Waals surface area contributed by atoms with Crippen LogP contribution < -0.4 is 0 Å². The Balaban J connectivity index is 1.46. The number of thiazole rings is 1. The number of aryl methyl sites for hydroxylation is 2. The number of amides is 1. The Labute approximate surface area is 150 Å². The molecule has 2 fully saturated rings. The highest BCUT2D eigenvalue weighted by Crippen LogP contribution is 2.33. The van der Waals surface area contributed by atoms with Crippen LogP contribution in [0.2, 0.25) is 0 Å². The Morgan fingerprint density at radius 3 is 3.00 bits per heavy atom. The lowest BCUT2D eigenvalue weighted by Gasteiger charge is -2.22. The smallest absolute Gasteiger partial charge is 0.255 e. The molecule has 0 radical (unpaired) electrons. The van der Waals surface area contributed by atoms with Crippen LogP contribution in [0.3, 0.4) is 0 Å². The second-order valence-electron chi connectivity index (χ2n) is 6.62. The van der Waals surface area contributed by atoms with Crippen LogP contribution in [-0.2, 0) is 16.1 Å². The average Bonchev–Trinajstić information content (AvgIpc) is 3.30. The Morgan fingerprint density at radius 1 is 1.40 bits per heavy atom. The predicted octanol–water partition coefficient (Wildman–Crippen LogP) is 2.21. The molecule has 2 saturated heterocycles. The van der Waals surface area contributed by atoms with Crippen molar-refractivity contribution in [3.05, 3.63) is 45.7 Å². The van der Waals surface area contributed by atoms with Gasteiger partial charge in [-0.25, -0.2) is 4.98 Å². The molecule has 25 heavy (non-hydrogen) atoms. The zero-order valence-electron chi connectivity index (χ0n) is 14.3. The Kier molecular flexibility index (Phi) is 4.54. The van der Waals surface area contributed by atoms with Gasteiger partial charge in [0.1, 0.15) is 0 Å². The number of carbonyl (C=O) groups excluding carboxylic acids is 1. The van der Waals surface area contributed by atoms with Crippen LogP contribution in [0.4, 0.5) is 0 Å². The fourth-order valence-corrected chi connectivity index (χ4v) is 4.13. The lowest BCUT2D eigenvalue weighted by molar-refractivity contribution is 0.00816. The van der Waals surface area contributed by atoms with Crippen LogP contribution in [0.25, 0.3) is 0 Å². The topological polar surface area (TPSA) is 64.6 Å². The summed E-state index contributed by atoms with van der Waals surface area (Å²) in [6.07, 6.45) is 1.63. The molecule has 0 aromatic carbocycles. The summed E-state index contributed by atoms with van der Waals surface area (Å²) < 4.78 is 11.7. The molecule has 0 spiro atoms. The van der Waals surface area contributed by atoms with Crippen molar-refractivity contribution >= 4 is 17.2 Å². The van der Waals surface area contributed by atoms with E-state index in [1.165, 1.54) is 0 Å². The van der Waals surface area contributed by atoms with Crippen molar-refractivity contribution in [1.29, 1.82) is 0 Å². The normalized spacial score (nSPS) is 25.4. The maximum absolute atomic E-state index is 12.9. The van der Waals surface area contributed by atoms with Gasteiger partial charge in [-0.2, -0.15) is 0 Å². The van der Waals surface area contributed by atoms with Gasteiger partial charge in [0.05, 0.1) is 48.2 Å². The molecule has 4 heterocycles. The molecular formula is C18H21N3O3S. The summed E-state index contributed by atoms with van der Waals surface area (Å²) in [6.45, 7) is 6.18. The van der Waals surface area contributed by atoms with E-state index < -0.39 is 0 Å². The van der Waals surface area contributed by atoms with E-state index in [-0.39, 0.29) is 24.0 Å². The van der Waals surface area contributed by atoms with E-state index in [0.29, 0.717) is 31.9 Å². The number of nitrogens with zero attached hydrogens (tertiary/aromatic N) is 3. The van der Waals surface area contributed by atoms with Crippen molar-refractivity contribution in [3.63, 3.8) is 0 Å². The minimum atomic E-state index is -0.0168. The van der Waals surface area contributed by atoms with E-state index in [1.54, 1.807) is 17.5 Å². The fourth-order valence-electron chi connectivity index (χ4n) is 3.54. The van der Waals surface area contributed by atoms with Gasteiger partial charge in [-0.1, -0.05) is 0 Å². The van der Waals surface area contributed by atoms with Crippen molar-refractivity contribution in [1.82, 2.24) is 14.9 Å². The monoisotopic (exact) mass is 359 g/mol. The van der Waals surface area contributed by atoms with E-state index in [9.17, 15) is 4.79 Å². The number of fused-ring (bicyclic) bond motifs is 1. The summed E-state index contributed by atoms with van der Waals surface area (Å²) in [6, 6.07) is 3.78. The summed E-state index contributed by atoms with van der Waals surface area (Å²) in [5.74, 6) is 0.227. The van der Waals surface area contributed by atoms with E-state index in [0.717, 1.165) is 16.4 Å². The number of carbonyl (C=O) groups is 1. The summed E-state index contributed by atoms with van der Waals surface area (Å²) in [5.41, 5.74) is 2.47. The maximum atomic E-state index is 12.9.